The van der Waals surface area contributed by atoms with Gasteiger partial charge in [0, 0.05) is 19.0 Å². The number of sulfonamides is 1. The first-order valence-corrected chi connectivity index (χ1v) is 9.74. The highest BCUT2D eigenvalue weighted by molar-refractivity contribution is 7.89. The molecule has 1 fully saturated rings. The fraction of sp³-hybridized carbons (Fsp3) is 0.278. The average Bonchev–Trinajstić information content (AvgIpc) is 3.08. The minimum Gasteiger partial charge on any atom is -0.330 e. The smallest absolute Gasteiger partial charge is 0.243 e. The van der Waals surface area contributed by atoms with Gasteiger partial charge in [-0.1, -0.05) is 41.9 Å². The third-order valence-electron chi connectivity index (χ3n) is 4.63. The number of nitriles is 1. The van der Waals surface area contributed by atoms with Crippen molar-refractivity contribution in [2.24, 2.45) is 11.7 Å². The second kappa shape index (κ2) is 7.14. The molecule has 2 N–H and O–H groups in total. The van der Waals surface area contributed by atoms with Crippen molar-refractivity contribution in [3.05, 3.63) is 64.7 Å². The maximum absolute atomic E-state index is 13.0. The lowest BCUT2D eigenvalue weighted by Gasteiger charge is -2.17. The third kappa shape index (κ3) is 3.42. The van der Waals surface area contributed by atoms with E-state index in [1.165, 1.54) is 22.5 Å². The first-order chi connectivity index (χ1) is 12.0. The van der Waals surface area contributed by atoms with Crippen LogP contribution in [-0.2, 0) is 10.0 Å². The van der Waals surface area contributed by atoms with Crippen LogP contribution in [0.3, 0.4) is 0 Å². The van der Waals surface area contributed by atoms with E-state index < -0.39 is 10.0 Å². The van der Waals surface area contributed by atoms with Crippen LogP contribution >= 0.6 is 11.6 Å². The van der Waals surface area contributed by atoms with Crippen LogP contribution in [0, 0.1) is 17.2 Å². The summed E-state index contributed by atoms with van der Waals surface area (Å²) >= 11 is 5.91. The predicted molar refractivity (Wildman–Crippen MR) is 96.7 cm³/mol. The van der Waals surface area contributed by atoms with Gasteiger partial charge in [-0.05, 0) is 36.2 Å². The zero-order chi connectivity index (χ0) is 18.0. The number of hydrogen-bond donors (Lipinski definition) is 1. The zero-order valence-corrected chi connectivity index (χ0v) is 15.0. The summed E-state index contributed by atoms with van der Waals surface area (Å²) in [6.07, 6.45) is 0. The van der Waals surface area contributed by atoms with Crippen LogP contribution in [0.5, 0.6) is 0 Å². The molecule has 0 spiro atoms. The summed E-state index contributed by atoms with van der Waals surface area (Å²) in [6, 6.07) is 15.9. The molecule has 2 aromatic carbocycles. The molecule has 7 heteroatoms. The van der Waals surface area contributed by atoms with E-state index in [0.717, 1.165) is 5.56 Å². The molecule has 25 heavy (non-hydrogen) atoms. The van der Waals surface area contributed by atoms with Crippen LogP contribution in [0.4, 0.5) is 0 Å². The van der Waals surface area contributed by atoms with Crippen LogP contribution in [0.25, 0.3) is 0 Å². The lowest BCUT2D eigenvalue weighted by molar-refractivity contribution is 0.459. The van der Waals surface area contributed by atoms with Crippen molar-refractivity contribution in [2.45, 2.75) is 10.8 Å². The summed E-state index contributed by atoms with van der Waals surface area (Å²) in [5, 5.41) is 9.33. The molecule has 130 valence electrons. The molecule has 1 aliphatic rings. The van der Waals surface area contributed by atoms with Gasteiger partial charge in [-0.15, -0.1) is 0 Å². The van der Waals surface area contributed by atoms with Crippen LogP contribution < -0.4 is 5.73 Å². The largest absolute Gasteiger partial charge is 0.330 e. The fourth-order valence-corrected chi connectivity index (χ4v) is 4.95. The summed E-state index contributed by atoms with van der Waals surface area (Å²) in [7, 11) is -3.70. The molecule has 0 unspecified atom stereocenters. The summed E-state index contributed by atoms with van der Waals surface area (Å²) in [5.41, 5.74) is 7.13. The molecule has 1 saturated heterocycles. The van der Waals surface area contributed by atoms with Crippen molar-refractivity contribution in [1.82, 2.24) is 4.31 Å². The van der Waals surface area contributed by atoms with Crippen molar-refractivity contribution in [2.75, 3.05) is 19.6 Å². The second-order valence-electron chi connectivity index (χ2n) is 6.09. The molecule has 1 heterocycles. The monoisotopic (exact) mass is 375 g/mol. The van der Waals surface area contributed by atoms with Gasteiger partial charge in [-0.2, -0.15) is 9.57 Å². The van der Waals surface area contributed by atoms with E-state index in [9.17, 15) is 8.42 Å². The van der Waals surface area contributed by atoms with Gasteiger partial charge in [0.2, 0.25) is 10.0 Å². The van der Waals surface area contributed by atoms with Crippen molar-refractivity contribution < 1.29 is 8.42 Å². The van der Waals surface area contributed by atoms with Gasteiger partial charge < -0.3 is 5.73 Å². The molecule has 0 radical (unpaired) electrons. The molecule has 0 saturated carbocycles. The number of nitrogens with two attached hydrogens (primary N) is 1. The quantitative estimate of drug-likeness (QED) is 0.889. The number of nitrogens with zero attached hydrogens (tertiary/aromatic N) is 2. The molecule has 3 rings (SSSR count). The molecule has 0 bridgehead atoms. The fourth-order valence-electron chi connectivity index (χ4n) is 3.24. The third-order valence-corrected chi connectivity index (χ3v) is 6.79. The van der Waals surface area contributed by atoms with Gasteiger partial charge in [-0.25, -0.2) is 8.42 Å². The maximum atomic E-state index is 13.0. The normalized spacial score (nSPS) is 21.2. The summed E-state index contributed by atoms with van der Waals surface area (Å²) < 4.78 is 27.4. The Balaban J connectivity index is 1.93. The van der Waals surface area contributed by atoms with Crippen molar-refractivity contribution in [3.63, 3.8) is 0 Å². The Morgan fingerprint density at radius 2 is 1.92 bits per heavy atom. The standard InChI is InChI=1S/C18H18ClN3O2S/c19-18-7-6-16(8-14(18)9-20)25(23,24)22-11-15(10-21)17(12-22)13-4-2-1-3-5-13/h1-8,15,17H,10-12,21H2/t15-,17+/m1/s1. The van der Waals surface area contributed by atoms with Gasteiger partial charge >= 0.3 is 0 Å². The van der Waals surface area contributed by atoms with Gasteiger partial charge in [0.25, 0.3) is 0 Å². The molecule has 1 aliphatic heterocycles. The highest BCUT2D eigenvalue weighted by Crippen LogP contribution is 2.35. The first kappa shape index (κ1) is 17.9. The Kier molecular flexibility index (Phi) is 5.11. The summed E-state index contributed by atoms with van der Waals surface area (Å²) in [6.45, 7) is 1.15. The lowest BCUT2D eigenvalue weighted by atomic mass is 9.89. The summed E-state index contributed by atoms with van der Waals surface area (Å²) in [5.74, 6) is 0.114. The molecular weight excluding hydrogens is 358 g/mol. The highest BCUT2D eigenvalue weighted by atomic mass is 35.5. The Bertz CT molecular complexity index is 910. The number of hydrogen-bond acceptors (Lipinski definition) is 4. The number of rotatable bonds is 4. The van der Waals surface area contributed by atoms with Crippen LogP contribution in [-0.4, -0.2) is 32.4 Å². The van der Waals surface area contributed by atoms with Crippen molar-refractivity contribution in [1.29, 1.82) is 5.26 Å². The second-order valence-corrected chi connectivity index (χ2v) is 8.43. The summed E-state index contributed by atoms with van der Waals surface area (Å²) in [4.78, 5) is 0.0814. The Labute approximate surface area is 152 Å². The predicted octanol–water partition coefficient (Wildman–Crippen LogP) is 2.57. The van der Waals surface area contributed by atoms with Gasteiger partial charge in [0.05, 0.1) is 15.5 Å². The van der Waals surface area contributed by atoms with E-state index in [1.54, 1.807) is 0 Å². The first-order valence-electron chi connectivity index (χ1n) is 7.92. The minimum absolute atomic E-state index is 0.0555. The van der Waals surface area contributed by atoms with Crippen LogP contribution in [0.1, 0.15) is 17.0 Å². The van der Waals surface area contributed by atoms with E-state index >= 15 is 0 Å². The molecule has 2 atom stereocenters. The maximum Gasteiger partial charge on any atom is 0.243 e. The van der Waals surface area contributed by atoms with Gasteiger partial charge in [0.15, 0.2) is 0 Å². The number of halogens is 1. The molecule has 0 amide bonds. The Hall–Kier alpha value is -1.91. The molecular formula is C18H18ClN3O2S. The van der Waals surface area contributed by atoms with E-state index in [-0.39, 0.29) is 27.3 Å². The Morgan fingerprint density at radius 3 is 2.56 bits per heavy atom. The zero-order valence-electron chi connectivity index (χ0n) is 13.5. The molecule has 0 aromatic heterocycles. The van der Waals surface area contributed by atoms with E-state index in [0.29, 0.717) is 19.6 Å². The molecule has 5 nitrogen and oxygen atoms in total. The van der Waals surface area contributed by atoms with Crippen molar-refractivity contribution >= 4 is 21.6 Å². The van der Waals surface area contributed by atoms with Crippen molar-refractivity contribution in [3.8, 4) is 6.07 Å². The minimum atomic E-state index is -3.70. The van der Waals surface area contributed by atoms with E-state index in [2.05, 4.69) is 0 Å². The molecule has 2 aromatic rings. The van der Waals surface area contributed by atoms with Crippen LogP contribution in [0.2, 0.25) is 5.02 Å². The number of benzene rings is 2. The highest BCUT2D eigenvalue weighted by Gasteiger charge is 2.39. The van der Waals surface area contributed by atoms with Gasteiger partial charge in [-0.3, -0.25) is 0 Å². The van der Waals surface area contributed by atoms with Crippen LogP contribution in [0.15, 0.2) is 53.4 Å². The topological polar surface area (TPSA) is 87.2 Å². The SMILES string of the molecule is N#Cc1cc(S(=O)(=O)N2C[C@@H](CN)[C@H](c3ccccc3)C2)ccc1Cl. The van der Waals surface area contributed by atoms with E-state index in [4.69, 9.17) is 22.6 Å². The lowest BCUT2D eigenvalue weighted by Crippen LogP contribution is -2.30. The molecule has 0 aliphatic carbocycles. The Morgan fingerprint density at radius 1 is 1.20 bits per heavy atom. The average molecular weight is 376 g/mol. The van der Waals surface area contributed by atoms with Gasteiger partial charge in [0.1, 0.15) is 6.07 Å². The van der Waals surface area contributed by atoms with E-state index in [1.807, 2.05) is 36.4 Å².